The van der Waals surface area contributed by atoms with Gasteiger partial charge in [-0.3, -0.25) is 4.68 Å². The first-order chi connectivity index (χ1) is 4.30. The molecule has 1 aromatic rings. The number of aryl methyl sites for hydroxylation is 2. The van der Waals surface area contributed by atoms with Crippen molar-refractivity contribution in [1.29, 1.82) is 0 Å². The van der Waals surface area contributed by atoms with Gasteiger partial charge in [0.1, 0.15) is 0 Å². The largest absolute Gasteiger partial charge is 0.273 e. The SMILES string of the molecule is C=C.Cc1ccnn1C. The molecule has 9 heavy (non-hydrogen) atoms. The first-order valence-corrected chi connectivity index (χ1v) is 2.75. The fraction of sp³-hybridized carbons (Fsp3) is 0.286. The molecular formula is C7H12N2. The molecule has 0 aliphatic heterocycles. The van der Waals surface area contributed by atoms with Crippen LogP contribution in [-0.2, 0) is 7.05 Å². The predicted molar refractivity (Wildman–Crippen MR) is 39.2 cm³/mol. The minimum atomic E-state index is 1.19. The number of hydrogen-bond donors (Lipinski definition) is 0. The van der Waals surface area contributed by atoms with Crippen LogP contribution in [0.5, 0.6) is 0 Å². The summed E-state index contributed by atoms with van der Waals surface area (Å²) in [5.74, 6) is 0. The minimum absolute atomic E-state index is 1.19. The van der Waals surface area contributed by atoms with Crippen LogP contribution in [0.25, 0.3) is 0 Å². The van der Waals surface area contributed by atoms with Crippen LogP contribution in [0.15, 0.2) is 25.4 Å². The molecule has 0 bridgehead atoms. The van der Waals surface area contributed by atoms with Crippen LogP contribution in [0, 0.1) is 6.92 Å². The molecule has 0 aliphatic carbocycles. The van der Waals surface area contributed by atoms with E-state index in [1.165, 1.54) is 5.69 Å². The molecule has 0 amide bonds. The average Bonchev–Trinajstić information content (AvgIpc) is 2.23. The van der Waals surface area contributed by atoms with Crippen molar-refractivity contribution in [3.63, 3.8) is 0 Å². The lowest BCUT2D eigenvalue weighted by Crippen LogP contribution is -1.90. The monoisotopic (exact) mass is 124 g/mol. The van der Waals surface area contributed by atoms with Crippen molar-refractivity contribution >= 4 is 0 Å². The lowest BCUT2D eigenvalue weighted by atomic mass is 10.5. The molecule has 0 radical (unpaired) electrons. The summed E-state index contributed by atoms with van der Waals surface area (Å²) in [4.78, 5) is 0. The molecule has 0 saturated carbocycles. The van der Waals surface area contributed by atoms with Gasteiger partial charge in [0.2, 0.25) is 0 Å². The zero-order valence-electron chi connectivity index (χ0n) is 5.96. The maximum Gasteiger partial charge on any atom is 0.0492 e. The molecule has 0 atom stereocenters. The van der Waals surface area contributed by atoms with Gasteiger partial charge in [-0.25, -0.2) is 0 Å². The van der Waals surface area contributed by atoms with E-state index in [1.54, 1.807) is 6.20 Å². The Morgan fingerprint density at radius 1 is 1.56 bits per heavy atom. The van der Waals surface area contributed by atoms with Crippen molar-refractivity contribution in [3.05, 3.63) is 31.1 Å². The second-order valence-corrected chi connectivity index (χ2v) is 1.60. The highest BCUT2D eigenvalue weighted by Crippen LogP contribution is 1.88. The van der Waals surface area contributed by atoms with E-state index >= 15 is 0 Å². The molecule has 2 nitrogen and oxygen atoms in total. The van der Waals surface area contributed by atoms with Crippen LogP contribution in [0.1, 0.15) is 5.69 Å². The first-order valence-electron chi connectivity index (χ1n) is 2.75. The standard InChI is InChI=1S/C5H8N2.C2H4/c1-5-3-4-6-7(5)2;1-2/h3-4H,1-2H3;1-2H2. The van der Waals surface area contributed by atoms with Crippen LogP contribution in [0.2, 0.25) is 0 Å². The van der Waals surface area contributed by atoms with Crippen LogP contribution < -0.4 is 0 Å². The molecule has 50 valence electrons. The highest BCUT2D eigenvalue weighted by atomic mass is 15.2. The summed E-state index contributed by atoms with van der Waals surface area (Å²) in [5, 5.41) is 3.93. The normalized spacial score (nSPS) is 7.78. The van der Waals surface area contributed by atoms with E-state index in [-0.39, 0.29) is 0 Å². The zero-order valence-corrected chi connectivity index (χ0v) is 5.96. The van der Waals surface area contributed by atoms with Gasteiger partial charge in [0.05, 0.1) is 0 Å². The predicted octanol–water partition coefficient (Wildman–Crippen LogP) is 1.53. The number of aromatic nitrogens is 2. The molecule has 1 rings (SSSR count). The highest BCUT2D eigenvalue weighted by molar-refractivity contribution is 4.94. The van der Waals surface area contributed by atoms with Gasteiger partial charge in [-0.15, -0.1) is 13.2 Å². The molecule has 0 unspecified atom stereocenters. The Morgan fingerprint density at radius 2 is 2.11 bits per heavy atom. The molecular weight excluding hydrogens is 112 g/mol. The smallest absolute Gasteiger partial charge is 0.0492 e. The molecule has 0 aliphatic rings. The fourth-order valence-corrected chi connectivity index (χ4v) is 0.440. The Kier molecular flexibility index (Phi) is 3.44. The van der Waals surface area contributed by atoms with Gasteiger partial charge in [-0.05, 0) is 13.0 Å². The van der Waals surface area contributed by atoms with E-state index in [0.717, 1.165) is 0 Å². The first kappa shape index (κ1) is 7.95. The third-order valence-electron chi connectivity index (χ3n) is 1.07. The molecule has 0 fully saturated rings. The van der Waals surface area contributed by atoms with Gasteiger partial charge < -0.3 is 0 Å². The molecule has 2 heteroatoms. The van der Waals surface area contributed by atoms with Crippen LogP contribution in [0.4, 0.5) is 0 Å². The van der Waals surface area contributed by atoms with Gasteiger partial charge >= 0.3 is 0 Å². The van der Waals surface area contributed by atoms with Crippen molar-refractivity contribution < 1.29 is 0 Å². The molecule has 0 spiro atoms. The van der Waals surface area contributed by atoms with Crippen molar-refractivity contribution in [2.45, 2.75) is 6.92 Å². The van der Waals surface area contributed by atoms with Crippen LogP contribution in [-0.4, -0.2) is 9.78 Å². The Hall–Kier alpha value is -1.05. The number of rotatable bonds is 0. The van der Waals surface area contributed by atoms with Gasteiger partial charge in [0.15, 0.2) is 0 Å². The van der Waals surface area contributed by atoms with Gasteiger partial charge in [0, 0.05) is 18.9 Å². The second kappa shape index (κ2) is 3.89. The van der Waals surface area contributed by atoms with E-state index in [0.29, 0.717) is 0 Å². The van der Waals surface area contributed by atoms with E-state index in [1.807, 2.05) is 24.7 Å². The maximum absolute atomic E-state index is 3.93. The summed E-state index contributed by atoms with van der Waals surface area (Å²) >= 11 is 0. The molecule has 0 aromatic carbocycles. The molecule has 0 N–H and O–H groups in total. The third-order valence-corrected chi connectivity index (χ3v) is 1.07. The topological polar surface area (TPSA) is 17.8 Å². The van der Waals surface area contributed by atoms with Crippen molar-refractivity contribution in [2.75, 3.05) is 0 Å². The number of nitrogens with zero attached hydrogens (tertiary/aromatic N) is 2. The molecule has 1 aromatic heterocycles. The van der Waals surface area contributed by atoms with Gasteiger partial charge in [0.25, 0.3) is 0 Å². The quantitative estimate of drug-likeness (QED) is 0.479. The fourth-order valence-electron chi connectivity index (χ4n) is 0.440. The van der Waals surface area contributed by atoms with Gasteiger partial charge in [-0.2, -0.15) is 5.10 Å². The average molecular weight is 124 g/mol. The van der Waals surface area contributed by atoms with E-state index in [9.17, 15) is 0 Å². The third kappa shape index (κ3) is 2.13. The number of hydrogen-bond acceptors (Lipinski definition) is 1. The maximum atomic E-state index is 3.93. The Bertz CT molecular complexity index is 151. The summed E-state index contributed by atoms with van der Waals surface area (Å²) in [7, 11) is 1.93. The lowest BCUT2D eigenvalue weighted by molar-refractivity contribution is 0.740. The Labute approximate surface area is 55.8 Å². The summed E-state index contributed by atoms with van der Waals surface area (Å²) in [6.45, 7) is 8.02. The Morgan fingerprint density at radius 3 is 2.22 bits per heavy atom. The Balaban J connectivity index is 0.000000291. The van der Waals surface area contributed by atoms with E-state index in [4.69, 9.17) is 0 Å². The van der Waals surface area contributed by atoms with Crippen molar-refractivity contribution in [1.82, 2.24) is 9.78 Å². The molecule has 0 saturated heterocycles. The van der Waals surface area contributed by atoms with Crippen LogP contribution >= 0.6 is 0 Å². The summed E-state index contributed by atoms with van der Waals surface area (Å²) in [5.41, 5.74) is 1.19. The second-order valence-electron chi connectivity index (χ2n) is 1.60. The lowest BCUT2D eigenvalue weighted by Gasteiger charge is -1.87. The van der Waals surface area contributed by atoms with Gasteiger partial charge in [-0.1, -0.05) is 0 Å². The summed E-state index contributed by atoms with van der Waals surface area (Å²) < 4.78 is 1.83. The zero-order chi connectivity index (χ0) is 7.28. The molecule has 1 heterocycles. The van der Waals surface area contributed by atoms with Crippen molar-refractivity contribution in [2.24, 2.45) is 7.05 Å². The van der Waals surface area contributed by atoms with E-state index in [2.05, 4.69) is 18.3 Å². The summed E-state index contributed by atoms with van der Waals surface area (Å²) in [6.07, 6.45) is 1.79. The summed E-state index contributed by atoms with van der Waals surface area (Å²) in [6, 6.07) is 1.97. The minimum Gasteiger partial charge on any atom is -0.273 e. The van der Waals surface area contributed by atoms with Crippen LogP contribution in [0.3, 0.4) is 0 Å². The van der Waals surface area contributed by atoms with Crippen molar-refractivity contribution in [3.8, 4) is 0 Å². The van der Waals surface area contributed by atoms with E-state index < -0.39 is 0 Å². The highest BCUT2D eigenvalue weighted by Gasteiger charge is 1.83.